The van der Waals surface area contributed by atoms with Crippen molar-refractivity contribution in [3.8, 4) is 5.75 Å². The number of hydrogen-bond acceptors (Lipinski definition) is 3. The normalized spacial score (nSPS) is 10.9. The monoisotopic (exact) mass is 249 g/mol. The first kappa shape index (κ1) is 14.2. The van der Waals surface area contributed by atoms with Gasteiger partial charge in [0.2, 0.25) is 5.78 Å². The van der Waals surface area contributed by atoms with E-state index in [1.165, 1.54) is 0 Å². The number of hydrogen-bond donors (Lipinski definition) is 1. The van der Waals surface area contributed by atoms with Crippen molar-refractivity contribution in [1.82, 2.24) is 5.32 Å². The summed E-state index contributed by atoms with van der Waals surface area (Å²) < 4.78 is 5.27. The first-order valence-electron chi connectivity index (χ1n) is 5.93. The maximum atomic E-state index is 11.8. The van der Waals surface area contributed by atoms with Crippen LogP contribution in [0, 0.1) is 0 Å². The van der Waals surface area contributed by atoms with Gasteiger partial charge in [-0.05, 0) is 52.0 Å². The molecule has 0 atom stereocenters. The minimum Gasteiger partial charge on any atom is -0.494 e. The van der Waals surface area contributed by atoms with Crippen LogP contribution in [-0.4, -0.2) is 23.8 Å². The van der Waals surface area contributed by atoms with Crippen molar-refractivity contribution in [2.75, 3.05) is 6.61 Å². The highest BCUT2D eigenvalue weighted by Gasteiger charge is 2.21. The van der Waals surface area contributed by atoms with Gasteiger partial charge in [-0.25, -0.2) is 0 Å². The van der Waals surface area contributed by atoms with Crippen LogP contribution < -0.4 is 10.1 Å². The SMILES string of the molecule is CCOc1ccc(C(=O)C(=O)NC(C)(C)C)cc1. The predicted molar refractivity (Wildman–Crippen MR) is 69.8 cm³/mol. The zero-order chi connectivity index (χ0) is 13.8. The Balaban J connectivity index is 2.75. The first-order chi connectivity index (χ1) is 8.33. The number of amides is 1. The molecule has 1 N–H and O–H groups in total. The summed E-state index contributed by atoms with van der Waals surface area (Å²) in [5, 5.41) is 2.64. The predicted octanol–water partition coefficient (Wildman–Crippen LogP) is 2.18. The summed E-state index contributed by atoms with van der Waals surface area (Å²) in [7, 11) is 0. The lowest BCUT2D eigenvalue weighted by Gasteiger charge is -2.19. The maximum Gasteiger partial charge on any atom is 0.292 e. The topological polar surface area (TPSA) is 55.4 Å². The number of ether oxygens (including phenoxy) is 1. The van der Waals surface area contributed by atoms with Crippen LogP contribution in [0.15, 0.2) is 24.3 Å². The third-order valence-electron chi connectivity index (χ3n) is 2.12. The van der Waals surface area contributed by atoms with E-state index in [1.807, 2.05) is 27.7 Å². The maximum absolute atomic E-state index is 11.8. The van der Waals surface area contributed by atoms with Gasteiger partial charge in [-0.15, -0.1) is 0 Å². The summed E-state index contributed by atoms with van der Waals surface area (Å²) in [4.78, 5) is 23.5. The zero-order valence-electron chi connectivity index (χ0n) is 11.2. The van der Waals surface area contributed by atoms with Crippen LogP contribution in [0.5, 0.6) is 5.75 Å². The molecule has 0 heterocycles. The fraction of sp³-hybridized carbons (Fsp3) is 0.429. The first-order valence-corrected chi connectivity index (χ1v) is 5.93. The van der Waals surface area contributed by atoms with Crippen LogP contribution in [-0.2, 0) is 4.79 Å². The van der Waals surface area contributed by atoms with Crippen LogP contribution >= 0.6 is 0 Å². The molecule has 1 rings (SSSR count). The second kappa shape index (κ2) is 5.67. The Morgan fingerprint density at radius 3 is 2.17 bits per heavy atom. The fourth-order valence-corrected chi connectivity index (χ4v) is 1.40. The largest absolute Gasteiger partial charge is 0.494 e. The third kappa shape index (κ3) is 4.20. The molecule has 1 aromatic carbocycles. The molecule has 0 saturated carbocycles. The summed E-state index contributed by atoms with van der Waals surface area (Å²) >= 11 is 0. The lowest BCUT2D eigenvalue weighted by atomic mass is 10.1. The Hall–Kier alpha value is -1.84. The molecule has 0 bridgehead atoms. The van der Waals surface area contributed by atoms with Gasteiger partial charge < -0.3 is 10.1 Å². The highest BCUT2D eigenvalue weighted by molar-refractivity contribution is 6.42. The number of rotatable bonds is 4. The van der Waals surface area contributed by atoms with E-state index >= 15 is 0 Å². The van der Waals surface area contributed by atoms with Gasteiger partial charge in [0, 0.05) is 11.1 Å². The second-order valence-electron chi connectivity index (χ2n) is 4.99. The van der Waals surface area contributed by atoms with Gasteiger partial charge >= 0.3 is 0 Å². The van der Waals surface area contributed by atoms with Crippen molar-refractivity contribution in [2.24, 2.45) is 0 Å². The van der Waals surface area contributed by atoms with Crippen molar-refractivity contribution in [2.45, 2.75) is 33.2 Å². The van der Waals surface area contributed by atoms with E-state index in [-0.39, 0.29) is 0 Å². The highest BCUT2D eigenvalue weighted by Crippen LogP contribution is 2.13. The molecule has 0 saturated heterocycles. The molecule has 1 amide bonds. The molecule has 0 aromatic heterocycles. The smallest absolute Gasteiger partial charge is 0.292 e. The minimum absolute atomic E-state index is 0.361. The Morgan fingerprint density at radius 1 is 1.17 bits per heavy atom. The highest BCUT2D eigenvalue weighted by atomic mass is 16.5. The summed E-state index contributed by atoms with van der Waals surface area (Å²) in [6.07, 6.45) is 0. The van der Waals surface area contributed by atoms with Crippen molar-refractivity contribution in [3.63, 3.8) is 0 Å². The lowest BCUT2D eigenvalue weighted by molar-refractivity contribution is -0.118. The molecule has 0 unspecified atom stereocenters. The molecule has 98 valence electrons. The molecule has 0 aliphatic rings. The van der Waals surface area contributed by atoms with E-state index in [0.29, 0.717) is 17.9 Å². The minimum atomic E-state index is -0.591. The van der Waals surface area contributed by atoms with Crippen molar-refractivity contribution in [1.29, 1.82) is 0 Å². The van der Waals surface area contributed by atoms with Crippen LogP contribution in [0.3, 0.4) is 0 Å². The van der Waals surface area contributed by atoms with E-state index in [0.717, 1.165) is 0 Å². The van der Waals surface area contributed by atoms with E-state index in [2.05, 4.69) is 5.32 Å². The average Bonchev–Trinajstić information content (AvgIpc) is 2.27. The second-order valence-corrected chi connectivity index (χ2v) is 4.99. The standard InChI is InChI=1S/C14H19NO3/c1-5-18-11-8-6-10(7-9-11)12(16)13(17)15-14(2,3)4/h6-9H,5H2,1-4H3,(H,15,17). The van der Waals surface area contributed by atoms with E-state index in [4.69, 9.17) is 4.74 Å². The quantitative estimate of drug-likeness (QED) is 0.657. The van der Waals surface area contributed by atoms with Gasteiger partial charge in [-0.3, -0.25) is 9.59 Å². The molecule has 0 radical (unpaired) electrons. The molecule has 0 spiro atoms. The Kier molecular flexibility index (Phi) is 4.48. The summed E-state index contributed by atoms with van der Waals surface area (Å²) in [6.45, 7) is 7.94. The number of nitrogens with one attached hydrogen (secondary N) is 1. The number of Topliss-reactive ketones (excluding diaryl/α,β-unsaturated/α-hetero) is 1. The average molecular weight is 249 g/mol. The Bertz CT molecular complexity index is 429. The number of ketones is 1. The van der Waals surface area contributed by atoms with Crippen molar-refractivity contribution in [3.05, 3.63) is 29.8 Å². The van der Waals surface area contributed by atoms with Crippen molar-refractivity contribution >= 4 is 11.7 Å². The van der Waals surface area contributed by atoms with Gasteiger partial charge in [-0.1, -0.05) is 0 Å². The Morgan fingerprint density at radius 2 is 1.72 bits per heavy atom. The molecule has 0 aliphatic heterocycles. The van der Waals surface area contributed by atoms with E-state index < -0.39 is 17.2 Å². The van der Waals surface area contributed by atoms with Crippen molar-refractivity contribution < 1.29 is 14.3 Å². The molecule has 1 aromatic rings. The van der Waals surface area contributed by atoms with Crippen LogP contribution in [0.2, 0.25) is 0 Å². The zero-order valence-corrected chi connectivity index (χ0v) is 11.2. The van der Waals surface area contributed by atoms with Crippen LogP contribution in [0.25, 0.3) is 0 Å². The Labute approximate surface area is 107 Å². The van der Waals surface area contributed by atoms with Gasteiger partial charge in [-0.2, -0.15) is 0 Å². The number of carbonyl (C=O) groups is 2. The molecular formula is C14H19NO3. The molecule has 0 fully saturated rings. The molecule has 4 heteroatoms. The molecule has 4 nitrogen and oxygen atoms in total. The van der Waals surface area contributed by atoms with Crippen LogP contribution in [0.4, 0.5) is 0 Å². The summed E-state index contributed by atoms with van der Waals surface area (Å²) in [6, 6.07) is 6.55. The number of benzene rings is 1. The fourth-order valence-electron chi connectivity index (χ4n) is 1.40. The van der Waals surface area contributed by atoms with Gasteiger partial charge in [0.15, 0.2) is 0 Å². The molecular weight excluding hydrogens is 230 g/mol. The van der Waals surface area contributed by atoms with Gasteiger partial charge in [0.1, 0.15) is 5.75 Å². The van der Waals surface area contributed by atoms with Gasteiger partial charge in [0.05, 0.1) is 6.61 Å². The van der Waals surface area contributed by atoms with Gasteiger partial charge in [0.25, 0.3) is 5.91 Å². The lowest BCUT2D eigenvalue weighted by Crippen LogP contribution is -2.44. The summed E-state index contributed by atoms with van der Waals surface area (Å²) in [5.74, 6) is -0.440. The molecule has 18 heavy (non-hydrogen) atoms. The number of carbonyl (C=O) groups excluding carboxylic acids is 2. The van der Waals surface area contributed by atoms with Crippen LogP contribution in [0.1, 0.15) is 38.1 Å². The summed E-state index contributed by atoms with van der Waals surface area (Å²) in [5.41, 5.74) is -0.0573. The van der Waals surface area contributed by atoms with E-state index in [9.17, 15) is 9.59 Å². The molecule has 0 aliphatic carbocycles. The van der Waals surface area contributed by atoms with E-state index in [1.54, 1.807) is 24.3 Å². The third-order valence-corrected chi connectivity index (χ3v) is 2.12.